The average molecular weight is 204 g/mol. The molecule has 0 atom stereocenters. The molecule has 1 aromatic carbocycles. The summed E-state index contributed by atoms with van der Waals surface area (Å²) in [6, 6.07) is 6.39. The minimum absolute atomic E-state index is 0. The van der Waals surface area contributed by atoms with E-state index in [4.69, 9.17) is 21.8 Å². The minimum atomic E-state index is -0.117. The highest BCUT2D eigenvalue weighted by Gasteiger charge is 1.92. The zero-order valence-electron chi connectivity index (χ0n) is 7.62. The van der Waals surface area contributed by atoms with E-state index in [0.717, 1.165) is 7.11 Å². The molecule has 13 heavy (non-hydrogen) atoms. The van der Waals surface area contributed by atoms with Crippen LogP contribution in [0.3, 0.4) is 0 Å². The van der Waals surface area contributed by atoms with Gasteiger partial charge in [0.1, 0.15) is 0 Å². The molecule has 0 aliphatic carbocycles. The molecule has 0 amide bonds. The lowest BCUT2D eigenvalue weighted by atomic mass is 10.3. The Kier molecular flexibility index (Phi) is 12.7. The fourth-order valence-corrected chi connectivity index (χ4v) is 0.580. The van der Waals surface area contributed by atoms with Crippen molar-refractivity contribution in [2.45, 2.75) is 6.92 Å². The number of benzene rings is 1. The van der Waals surface area contributed by atoms with E-state index in [9.17, 15) is 5.11 Å². The molecule has 0 heterocycles. The molecule has 73 valence electrons. The second-order valence-electron chi connectivity index (χ2n) is 1.72. The van der Waals surface area contributed by atoms with Crippen LogP contribution >= 0.6 is 11.6 Å². The summed E-state index contributed by atoms with van der Waals surface area (Å²) in [6.07, 6.45) is 0. The Morgan fingerprint density at radius 3 is 1.85 bits per heavy atom. The fourth-order valence-electron chi connectivity index (χ4n) is 0.445. The van der Waals surface area contributed by atoms with Crippen LogP contribution in [0.1, 0.15) is 6.92 Å². The zero-order chi connectivity index (χ0) is 10.7. The van der Waals surface area contributed by atoms with Gasteiger partial charge in [-0.05, 0) is 19.1 Å². The van der Waals surface area contributed by atoms with E-state index in [1.54, 1.807) is 25.1 Å². The molecule has 3 radical (unpaired) electrons. The molecule has 0 aliphatic heterocycles. The van der Waals surface area contributed by atoms with Crippen LogP contribution in [0.15, 0.2) is 24.3 Å². The van der Waals surface area contributed by atoms with E-state index in [1.807, 2.05) is 0 Å². The molecule has 0 bridgehead atoms. The summed E-state index contributed by atoms with van der Waals surface area (Å²) in [5, 5.41) is 28.0. The molecule has 1 aromatic rings. The van der Waals surface area contributed by atoms with Gasteiger partial charge in [-0.3, -0.25) is 5.11 Å². The van der Waals surface area contributed by atoms with E-state index in [0.29, 0.717) is 0 Å². The summed E-state index contributed by atoms with van der Waals surface area (Å²) in [4.78, 5) is 0. The molecule has 0 N–H and O–H groups in total. The lowest BCUT2D eigenvalue weighted by Crippen LogP contribution is -1.60. The molecule has 0 aliphatic rings. The molecule has 4 heteroatoms. The van der Waals surface area contributed by atoms with Crippen molar-refractivity contribution < 1.29 is 15.3 Å². The van der Waals surface area contributed by atoms with Crippen LogP contribution in [0.5, 0.6) is 5.75 Å². The molecule has 0 saturated carbocycles. The number of rotatable bonds is 0. The van der Waals surface area contributed by atoms with Crippen molar-refractivity contribution in [3.05, 3.63) is 29.3 Å². The Hall–Kier alpha value is -0.770. The Morgan fingerprint density at radius 2 is 1.62 bits per heavy atom. The van der Waals surface area contributed by atoms with E-state index < -0.39 is 0 Å². The standard InChI is InChI=1S/C6H4ClO.C2H5O.CH3O/c7-5-3-1-2-4-6(5)8;1-2-3;1-2/h1-4H;2H2,1H3;1H3. The van der Waals surface area contributed by atoms with Crippen LogP contribution in [0, 0.1) is 0 Å². The van der Waals surface area contributed by atoms with Gasteiger partial charge >= 0.3 is 0 Å². The van der Waals surface area contributed by atoms with Crippen LogP contribution in [-0.2, 0) is 15.3 Å². The van der Waals surface area contributed by atoms with Crippen molar-refractivity contribution >= 4 is 11.6 Å². The SMILES string of the molecule is CC[O].C[O].[O]c1ccccc1Cl. The molecule has 0 unspecified atom stereocenters. The summed E-state index contributed by atoms with van der Waals surface area (Å²) in [7, 11) is 0.750. The maximum Gasteiger partial charge on any atom is 0.197 e. The lowest BCUT2D eigenvalue weighted by Gasteiger charge is -1.85. The van der Waals surface area contributed by atoms with E-state index in [1.165, 1.54) is 6.07 Å². The Morgan fingerprint density at radius 1 is 1.23 bits per heavy atom. The summed E-state index contributed by atoms with van der Waals surface area (Å²) in [5.41, 5.74) is 0. The van der Waals surface area contributed by atoms with Gasteiger partial charge in [0.25, 0.3) is 0 Å². The van der Waals surface area contributed by atoms with Crippen molar-refractivity contribution in [1.29, 1.82) is 0 Å². The third-order valence-electron chi connectivity index (χ3n) is 0.837. The minimum Gasteiger partial charge on any atom is -0.288 e. The predicted octanol–water partition coefficient (Wildman–Crippen LogP) is 2.97. The van der Waals surface area contributed by atoms with Crippen LogP contribution in [0.25, 0.3) is 0 Å². The number of para-hydroxylation sites is 1. The van der Waals surface area contributed by atoms with Crippen molar-refractivity contribution in [1.82, 2.24) is 0 Å². The largest absolute Gasteiger partial charge is 0.288 e. The average Bonchev–Trinajstić information content (AvgIpc) is 2.15. The normalized spacial score (nSPS) is 7.46. The first-order valence-electron chi connectivity index (χ1n) is 3.62. The molecule has 0 aromatic heterocycles. The molecule has 3 nitrogen and oxygen atoms in total. The van der Waals surface area contributed by atoms with E-state index in [-0.39, 0.29) is 17.4 Å². The van der Waals surface area contributed by atoms with Gasteiger partial charge in [0.2, 0.25) is 0 Å². The third kappa shape index (κ3) is 9.14. The summed E-state index contributed by atoms with van der Waals surface area (Å²) >= 11 is 5.40. The maximum absolute atomic E-state index is 10.5. The number of hydrogen-bond donors (Lipinski definition) is 0. The highest BCUT2D eigenvalue weighted by Crippen LogP contribution is 2.21. The Bertz CT molecular complexity index is 183. The summed E-state index contributed by atoms with van der Waals surface area (Å²) < 4.78 is 0. The van der Waals surface area contributed by atoms with Crippen LogP contribution in [0.4, 0.5) is 0 Å². The highest BCUT2D eigenvalue weighted by atomic mass is 35.5. The van der Waals surface area contributed by atoms with Crippen LogP contribution in [-0.4, -0.2) is 13.7 Å². The molecule has 0 fully saturated rings. The van der Waals surface area contributed by atoms with Gasteiger partial charge in [-0.1, -0.05) is 23.7 Å². The first-order chi connectivity index (χ1) is 6.22. The van der Waals surface area contributed by atoms with Crippen molar-refractivity contribution in [3.63, 3.8) is 0 Å². The zero-order valence-corrected chi connectivity index (χ0v) is 8.38. The van der Waals surface area contributed by atoms with Gasteiger partial charge in [-0.2, -0.15) is 0 Å². The number of hydrogen-bond acceptors (Lipinski definition) is 0. The van der Waals surface area contributed by atoms with Gasteiger partial charge in [0.05, 0.1) is 18.7 Å². The van der Waals surface area contributed by atoms with Gasteiger partial charge in [-0.25, -0.2) is 10.2 Å². The highest BCUT2D eigenvalue weighted by molar-refractivity contribution is 6.31. The molecule has 0 spiro atoms. The second-order valence-corrected chi connectivity index (χ2v) is 2.13. The molecular formula is C9H12ClO3. The van der Waals surface area contributed by atoms with Crippen molar-refractivity contribution in [3.8, 4) is 5.75 Å². The van der Waals surface area contributed by atoms with Gasteiger partial charge in [-0.15, -0.1) is 0 Å². The first-order valence-corrected chi connectivity index (χ1v) is 4.00. The Labute approximate surface area is 83.2 Å². The van der Waals surface area contributed by atoms with Crippen LogP contribution < -0.4 is 0 Å². The smallest absolute Gasteiger partial charge is 0.197 e. The predicted molar refractivity (Wildman–Crippen MR) is 49.4 cm³/mol. The fraction of sp³-hybridized carbons (Fsp3) is 0.333. The van der Waals surface area contributed by atoms with Gasteiger partial charge in [0, 0.05) is 0 Å². The third-order valence-corrected chi connectivity index (χ3v) is 1.15. The van der Waals surface area contributed by atoms with E-state index >= 15 is 0 Å². The van der Waals surface area contributed by atoms with Gasteiger partial charge < -0.3 is 0 Å². The molecule has 1 rings (SSSR count). The number of halogens is 1. The molecule has 0 saturated heterocycles. The van der Waals surface area contributed by atoms with E-state index in [2.05, 4.69) is 0 Å². The monoisotopic (exact) mass is 203 g/mol. The second kappa shape index (κ2) is 11.2. The Balaban J connectivity index is 0. The van der Waals surface area contributed by atoms with Crippen molar-refractivity contribution in [2.75, 3.05) is 13.7 Å². The van der Waals surface area contributed by atoms with Crippen LogP contribution in [0.2, 0.25) is 5.02 Å². The lowest BCUT2D eigenvalue weighted by molar-refractivity contribution is 0.212. The topological polar surface area (TPSA) is 59.7 Å². The maximum atomic E-state index is 10.5. The van der Waals surface area contributed by atoms with Crippen molar-refractivity contribution in [2.24, 2.45) is 0 Å². The van der Waals surface area contributed by atoms with Gasteiger partial charge in [0.15, 0.2) is 5.75 Å². The quantitative estimate of drug-likeness (QED) is 0.623. The first kappa shape index (κ1) is 14.7. The summed E-state index contributed by atoms with van der Waals surface area (Å²) in [5.74, 6) is -0.117. The molecular weight excluding hydrogens is 192 g/mol. The summed E-state index contributed by atoms with van der Waals surface area (Å²) in [6.45, 7) is 1.57.